The molecule has 3 heteroatoms. The molecule has 2 rings (SSSR count). The third-order valence-corrected chi connectivity index (χ3v) is 2.77. The van der Waals surface area contributed by atoms with Crippen molar-refractivity contribution in [3.63, 3.8) is 0 Å². The zero-order valence-corrected chi connectivity index (χ0v) is 9.81. The summed E-state index contributed by atoms with van der Waals surface area (Å²) < 4.78 is 0. The van der Waals surface area contributed by atoms with Crippen LogP contribution in [0, 0.1) is 24.0 Å². The Morgan fingerprint density at radius 1 is 1.00 bits per heavy atom. The lowest BCUT2D eigenvalue weighted by Gasteiger charge is -2.06. The van der Waals surface area contributed by atoms with Gasteiger partial charge < -0.3 is 0 Å². The number of rotatable bonds is 2. The minimum atomic E-state index is -0.383. The smallest absolute Gasteiger partial charge is 0.258 e. The highest BCUT2D eigenvalue weighted by Crippen LogP contribution is 2.25. The van der Waals surface area contributed by atoms with Crippen molar-refractivity contribution in [3.05, 3.63) is 63.7 Å². The van der Waals surface area contributed by atoms with E-state index in [0.29, 0.717) is 0 Å². The van der Waals surface area contributed by atoms with E-state index in [9.17, 15) is 10.1 Å². The lowest BCUT2D eigenvalue weighted by Crippen LogP contribution is -1.88. The molecule has 0 N–H and O–H groups in total. The maximum Gasteiger partial charge on any atom is 0.269 e. The molecule has 3 nitrogen and oxygen atoms in total. The van der Waals surface area contributed by atoms with Crippen molar-refractivity contribution in [2.45, 2.75) is 13.8 Å². The van der Waals surface area contributed by atoms with Gasteiger partial charge in [-0.3, -0.25) is 10.1 Å². The predicted octanol–water partition coefficient (Wildman–Crippen LogP) is 3.88. The van der Waals surface area contributed by atoms with Crippen LogP contribution in [0.4, 0.5) is 5.69 Å². The molecular weight excluding hydrogens is 214 g/mol. The number of aryl methyl sites for hydroxylation is 2. The lowest BCUT2D eigenvalue weighted by atomic mass is 9.99. The molecule has 2 aromatic carbocycles. The molecule has 17 heavy (non-hydrogen) atoms. The van der Waals surface area contributed by atoms with Gasteiger partial charge in [0, 0.05) is 12.1 Å². The molecule has 0 aromatic heterocycles. The van der Waals surface area contributed by atoms with Crippen LogP contribution in [0.5, 0.6) is 0 Å². The second-order valence-electron chi connectivity index (χ2n) is 4.12. The molecular formula is C14H13NO2. The fraction of sp³-hybridized carbons (Fsp3) is 0.143. The summed E-state index contributed by atoms with van der Waals surface area (Å²) in [6, 6.07) is 12.8. The number of non-ortho nitro benzene ring substituents is 1. The van der Waals surface area contributed by atoms with Crippen LogP contribution in [0.25, 0.3) is 11.1 Å². The molecule has 0 aliphatic heterocycles. The number of nitro groups is 1. The van der Waals surface area contributed by atoms with E-state index in [4.69, 9.17) is 0 Å². The van der Waals surface area contributed by atoms with Crippen molar-refractivity contribution in [2.75, 3.05) is 0 Å². The Bertz CT molecular complexity index is 559. The van der Waals surface area contributed by atoms with Crippen molar-refractivity contribution in [3.8, 4) is 11.1 Å². The molecule has 2 aromatic rings. The first kappa shape index (κ1) is 11.3. The maximum atomic E-state index is 10.6. The Hall–Kier alpha value is -2.16. The molecule has 0 spiro atoms. The Morgan fingerprint density at radius 3 is 2.18 bits per heavy atom. The van der Waals surface area contributed by atoms with Crippen LogP contribution < -0.4 is 0 Å². The Balaban J connectivity index is 2.43. The standard InChI is InChI=1S/C14H13NO2/c1-10-3-8-14(11(2)9-10)12-4-6-13(7-5-12)15(16)17/h3-9H,1-2H3. The first-order valence-corrected chi connectivity index (χ1v) is 5.40. The molecule has 86 valence electrons. The van der Waals surface area contributed by atoms with Gasteiger partial charge in [0.2, 0.25) is 0 Å². The largest absolute Gasteiger partial charge is 0.269 e. The Labute approximate surface area is 99.9 Å². The van der Waals surface area contributed by atoms with E-state index in [0.717, 1.165) is 11.1 Å². The molecule has 0 aliphatic carbocycles. The summed E-state index contributed by atoms with van der Waals surface area (Å²) >= 11 is 0. The third kappa shape index (κ3) is 2.33. The fourth-order valence-electron chi connectivity index (χ4n) is 1.90. The van der Waals surface area contributed by atoms with Crippen LogP contribution >= 0.6 is 0 Å². The Morgan fingerprint density at radius 2 is 1.65 bits per heavy atom. The molecule has 0 radical (unpaired) electrons. The summed E-state index contributed by atoms with van der Waals surface area (Å²) in [6.07, 6.45) is 0. The van der Waals surface area contributed by atoms with Gasteiger partial charge in [0.05, 0.1) is 4.92 Å². The molecule has 0 saturated carbocycles. The molecule has 0 unspecified atom stereocenters. The van der Waals surface area contributed by atoms with Gasteiger partial charge >= 0.3 is 0 Å². The average Bonchev–Trinajstić information content (AvgIpc) is 2.29. The van der Waals surface area contributed by atoms with E-state index >= 15 is 0 Å². The molecule has 0 saturated heterocycles. The number of nitro benzene ring substituents is 1. The predicted molar refractivity (Wildman–Crippen MR) is 68.0 cm³/mol. The maximum absolute atomic E-state index is 10.6. The van der Waals surface area contributed by atoms with Crippen LogP contribution in [0.2, 0.25) is 0 Å². The van der Waals surface area contributed by atoms with Crippen molar-refractivity contribution < 1.29 is 4.92 Å². The normalized spacial score (nSPS) is 10.2. The zero-order valence-electron chi connectivity index (χ0n) is 9.81. The highest BCUT2D eigenvalue weighted by atomic mass is 16.6. The SMILES string of the molecule is Cc1ccc(-c2ccc([N+](=O)[O-])cc2)c(C)c1. The molecule has 0 heterocycles. The number of hydrogen-bond acceptors (Lipinski definition) is 2. The summed E-state index contributed by atoms with van der Waals surface area (Å²) in [4.78, 5) is 10.2. The topological polar surface area (TPSA) is 43.1 Å². The van der Waals surface area contributed by atoms with Crippen molar-refractivity contribution in [1.29, 1.82) is 0 Å². The van der Waals surface area contributed by atoms with E-state index in [1.54, 1.807) is 12.1 Å². The monoisotopic (exact) mass is 227 g/mol. The van der Waals surface area contributed by atoms with Crippen molar-refractivity contribution in [1.82, 2.24) is 0 Å². The minimum Gasteiger partial charge on any atom is -0.258 e. The second kappa shape index (κ2) is 4.37. The average molecular weight is 227 g/mol. The summed E-state index contributed by atoms with van der Waals surface area (Å²) in [5, 5.41) is 10.6. The van der Waals surface area contributed by atoms with E-state index in [2.05, 4.69) is 6.07 Å². The van der Waals surface area contributed by atoms with Gasteiger partial charge in [0.1, 0.15) is 0 Å². The van der Waals surface area contributed by atoms with Crippen LogP contribution in [-0.2, 0) is 0 Å². The van der Waals surface area contributed by atoms with E-state index < -0.39 is 0 Å². The first-order chi connectivity index (χ1) is 8.08. The summed E-state index contributed by atoms with van der Waals surface area (Å²) in [5.74, 6) is 0. The molecule has 0 fully saturated rings. The fourth-order valence-corrected chi connectivity index (χ4v) is 1.90. The molecule has 0 bridgehead atoms. The summed E-state index contributed by atoms with van der Waals surface area (Å²) in [6.45, 7) is 4.09. The van der Waals surface area contributed by atoms with Crippen LogP contribution in [0.1, 0.15) is 11.1 Å². The van der Waals surface area contributed by atoms with Crippen molar-refractivity contribution in [2.24, 2.45) is 0 Å². The van der Waals surface area contributed by atoms with Gasteiger partial charge in [0.15, 0.2) is 0 Å². The molecule has 0 aliphatic rings. The lowest BCUT2D eigenvalue weighted by molar-refractivity contribution is -0.384. The van der Waals surface area contributed by atoms with Gasteiger partial charge in [-0.1, -0.05) is 23.8 Å². The van der Waals surface area contributed by atoms with Gasteiger partial charge in [-0.05, 0) is 42.7 Å². The highest BCUT2D eigenvalue weighted by molar-refractivity contribution is 5.68. The quantitative estimate of drug-likeness (QED) is 0.577. The molecule has 0 amide bonds. The minimum absolute atomic E-state index is 0.124. The van der Waals surface area contributed by atoms with Crippen LogP contribution in [0.15, 0.2) is 42.5 Å². The number of benzene rings is 2. The summed E-state index contributed by atoms with van der Waals surface area (Å²) in [5.41, 5.74) is 4.64. The second-order valence-corrected chi connectivity index (χ2v) is 4.12. The van der Waals surface area contributed by atoms with Crippen LogP contribution in [0.3, 0.4) is 0 Å². The highest BCUT2D eigenvalue weighted by Gasteiger charge is 2.06. The van der Waals surface area contributed by atoms with Gasteiger partial charge in [0.25, 0.3) is 5.69 Å². The summed E-state index contributed by atoms with van der Waals surface area (Å²) in [7, 11) is 0. The first-order valence-electron chi connectivity index (χ1n) is 5.40. The van der Waals surface area contributed by atoms with Gasteiger partial charge in [-0.2, -0.15) is 0 Å². The third-order valence-electron chi connectivity index (χ3n) is 2.77. The van der Waals surface area contributed by atoms with E-state index in [1.165, 1.54) is 23.3 Å². The zero-order chi connectivity index (χ0) is 12.4. The molecule has 0 atom stereocenters. The van der Waals surface area contributed by atoms with Gasteiger partial charge in [-0.25, -0.2) is 0 Å². The number of hydrogen-bond donors (Lipinski definition) is 0. The van der Waals surface area contributed by atoms with Gasteiger partial charge in [-0.15, -0.1) is 0 Å². The van der Waals surface area contributed by atoms with E-state index in [-0.39, 0.29) is 10.6 Å². The van der Waals surface area contributed by atoms with Crippen molar-refractivity contribution >= 4 is 5.69 Å². The Kier molecular flexibility index (Phi) is 2.91. The number of nitrogens with zero attached hydrogens (tertiary/aromatic N) is 1. The van der Waals surface area contributed by atoms with Crippen LogP contribution in [-0.4, -0.2) is 4.92 Å². The van der Waals surface area contributed by atoms with E-state index in [1.807, 2.05) is 26.0 Å².